The molecular formula is C32H48N2O3. The smallest absolute Gasteiger partial charge is 0.411 e. The van der Waals surface area contributed by atoms with Gasteiger partial charge in [0.1, 0.15) is 0 Å². The number of carbonyl (C=O) groups is 1. The lowest BCUT2D eigenvalue weighted by Gasteiger charge is -2.07. The molecule has 1 N–H and O–H groups in total. The SMILES string of the molecule is CCCCCCCCCCCCCCCCOC(=O)Nc1ccc(C)cc1.Cc1ccc(N=C=O)cc1. The number of anilines is 1. The third kappa shape index (κ3) is 18.9. The number of benzene rings is 2. The van der Waals surface area contributed by atoms with Crippen LogP contribution in [-0.4, -0.2) is 18.8 Å². The number of hydrogen-bond donors (Lipinski definition) is 1. The highest BCUT2D eigenvalue weighted by Crippen LogP contribution is 2.14. The third-order valence-electron chi connectivity index (χ3n) is 6.24. The van der Waals surface area contributed by atoms with Crippen molar-refractivity contribution < 1.29 is 14.3 Å². The van der Waals surface area contributed by atoms with Crippen molar-refractivity contribution in [2.24, 2.45) is 4.99 Å². The van der Waals surface area contributed by atoms with Crippen molar-refractivity contribution in [3.05, 3.63) is 59.7 Å². The van der Waals surface area contributed by atoms with Gasteiger partial charge in [-0.3, -0.25) is 5.32 Å². The summed E-state index contributed by atoms with van der Waals surface area (Å²) in [6.07, 6.45) is 19.8. The lowest BCUT2D eigenvalue weighted by Crippen LogP contribution is -2.14. The molecular weight excluding hydrogens is 460 g/mol. The van der Waals surface area contributed by atoms with E-state index in [1.165, 1.54) is 88.7 Å². The summed E-state index contributed by atoms with van der Waals surface area (Å²) in [7, 11) is 0. The van der Waals surface area contributed by atoms with Crippen molar-refractivity contribution in [1.82, 2.24) is 0 Å². The number of isocyanates is 1. The number of hydrogen-bond acceptors (Lipinski definition) is 4. The van der Waals surface area contributed by atoms with E-state index in [2.05, 4.69) is 17.2 Å². The summed E-state index contributed by atoms with van der Waals surface area (Å²) in [5.41, 5.74) is 3.77. The third-order valence-corrected chi connectivity index (χ3v) is 6.24. The van der Waals surface area contributed by atoms with Gasteiger partial charge in [-0.15, -0.1) is 0 Å². The Balaban J connectivity index is 0.000000568. The van der Waals surface area contributed by atoms with Gasteiger partial charge >= 0.3 is 6.09 Å². The standard InChI is InChI=1S/C24H41NO2.C8H7NO/c1-3-4-5-6-7-8-9-10-11-12-13-14-15-16-21-27-24(26)25-23-19-17-22(2)18-20-23;1-7-2-4-8(5-3-7)9-6-10/h17-20H,3-16,21H2,1-2H3,(H,25,26);2-5H,1H3. The van der Waals surface area contributed by atoms with E-state index in [9.17, 15) is 9.59 Å². The van der Waals surface area contributed by atoms with Crippen molar-refractivity contribution >= 4 is 23.5 Å². The summed E-state index contributed by atoms with van der Waals surface area (Å²) in [6, 6.07) is 15.1. The molecule has 2 aromatic rings. The number of ether oxygens (including phenoxy) is 1. The van der Waals surface area contributed by atoms with Crippen LogP contribution in [0.25, 0.3) is 0 Å². The zero-order chi connectivity index (χ0) is 27.0. The summed E-state index contributed by atoms with van der Waals surface area (Å²) in [4.78, 5) is 24.9. The number of unbranched alkanes of at least 4 members (excludes halogenated alkanes) is 13. The first kappa shape index (κ1) is 32.1. The normalized spacial score (nSPS) is 10.1. The summed E-state index contributed by atoms with van der Waals surface area (Å²) >= 11 is 0. The molecule has 0 aliphatic heterocycles. The zero-order valence-electron chi connectivity index (χ0n) is 23.4. The molecule has 0 atom stereocenters. The maximum atomic E-state index is 11.7. The maximum absolute atomic E-state index is 11.7. The van der Waals surface area contributed by atoms with Crippen LogP contribution in [0.4, 0.5) is 16.2 Å². The molecule has 0 heterocycles. The minimum absolute atomic E-state index is 0.353. The predicted octanol–water partition coefficient (Wildman–Crippen LogP) is 9.99. The van der Waals surface area contributed by atoms with Crippen LogP contribution in [0, 0.1) is 13.8 Å². The maximum Gasteiger partial charge on any atom is 0.411 e. The topological polar surface area (TPSA) is 67.8 Å². The number of nitrogens with one attached hydrogen (secondary N) is 1. The van der Waals surface area contributed by atoms with Crippen LogP contribution in [0.1, 0.15) is 108 Å². The van der Waals surface area contributed by atoms with E-state index in [4.69, 9.17) is 4.74 Å². The highest BCUT2D eigenvalue weighted by Gasteiger charge is 2.02. The quantitative estimate of drug-likeness (QED) is 0.131. The van der Waals surface area contributed by atoms with Gasteiger partial charge in [-0.1, -0.05) is 126 Å². The van der Waals surface area contributed by atoms with E-state index >= 15 is 0 Å². The summed E-state index contributed by atoms with van der Waals surface area (Å²) in [5.74, 6) is 0. The van der Waals surface area contributed by atoms with Crippen LogP contribution in [0.5, 0.6) is 0 Å². The number of aryl methyl sites for hydroxylation is 2. The Bertz CT molecular complexity index is 872. The summed E-state index contributed by atoms with van der Waals surface area (Å²) < 4.78 is 5.23. The van der Waals surface area contributed by atoms with E-state index < -0.39 is 0 Å². The molecule has 0 bridgehead atoms. The summed E-state index contributed by atoms with van der Waals surface area (Å²) in [6.45, 7) is 6.79. The van der Waals surface area contributed by atoms with Crippen molar-refractivity contribution in [2.75, 3.05) is 11.9 Å². The average Bonchev–Trinajstić information content (AvgIpc) is 2.89. The minimum Gasteiger partial charge on any atom is -0.449 e. The number of carbonyl (C=O) groups excluding carboxylic acids is 2. The number of rotatable bonds is 17. The second kappa shape index (κ2) is 22.3. The van der Waals surface area contributed by atoms with Gasteiger partial charge in [0.15, 0.2) is 0 Å². The molecule has 2 aromatic carbocycles. The molecule has 0 unspecified atom stereocenters. The Morgan fingerprint density at radius 3 is 1.59 bits per heavy atom. The van der Waals surface area contributed by atoms with Crippen LogP contribution >= 0.6 is 0 Å². The second-order valence-corrected chi connectivity index (χ2v) is 9.76. The molecule has 0 aliphatic rings. The minimum atomic E-state index is -0.353. The summed E-state index contributed by atoms with van der Waals surface area (Å²) in [5, 5.41) is 2.76. The molecule has 0 radical (unpaired) electrons. The number of nitrogens with zero attached hydrogens (tertiary/aromatic N) is 1. The molecule has 204 valence electrons. The molecule has 0 saturated heterocycles. The van der Waals surface area contributed by atoms with Gasteiger partial charge in [-0.05, 0) is 44.5 Å². The fourth-order valence-corrected chi connectivity index (χ4v) is 3.92. The highest BCUT2D eigenvalue weighted by molar-refractivity contribution is 5.84. The first-order valence-electron chi connectivity index (χ1n) is 14.2. The van der Waals surface area contributed by atoms with Crippen LogP contribution in [0.3, 0.4) is 0 Å². The molecule has 0 aliphatic carbocycles. The first-order chi connectivity index (χ1) is 18.0. The molecule has 0 saturated carbocycles. The number of amides is 1. The number of aliphatic imine (C=N–C) groups is 1. The zero-order valence-corrected chi connectivity index (χ0v) is 23.4. The van der Waals surface area contributed by atoms with Gasteiger partial charge in [-0.25, -0.2) is 9.59 Å². The Hall–Kier alpha value is -2.91. The predicted molar refractivity (Wildman–Crippen MR) is 155 cm³/mol. The largest absolute Gasteiger partial charge is 0.449 e. The molecule has 5 heteroatoms. The fourth-order valence-electron chi connectivity index (χ4n) is 3.92. The monoisotopic (exact) mass is 508 g/mol. The van der Waals surface area contributed by atoms with E-state index in [0.717, 1.165) is 24.1 Å². The molecule has 5 nitrogen and oxygen atoms in total. The van der Waals surface area contributed by atoms with Crippen LogP contribution in [0.2, 0.25) is 0 Å². The van der Waals surface area contributed by atoms with Gasteiger partial charge in [0.05, 0.1) is 12.3 Å². The molecule has 0 spiro atoms. The van der Waals surface area contributed by atoms with Crippen molar-refractivity contribution in [2.45, 2.75) is 111 Å². The molecule has 0 aromatic heterocycles. The first-order valence-corrected chi connectivity index (χ1v) is 14.2. The van der Waals surface area contributed by atoms with Gasteiger partial charge in [-0.2, -0.15) is 4.99 Å². The van der Waals surface area contributed by atoms with E-state index in [-0.39, 0.29) is 6.09 Å². The van der Waals surface area contributed by atoms with Crippen LogP contribution in [0.15, 0.2) is 53.5 Å². The molecule has 0 fully saturated rings. The lowest BCUT2D eigenvalue weighted by atomic mass is 10.0. The lowest BCUT2D eigenvalue weighted by molar-refractivity contribution is 0.159. The van der Waals surface area contributed by atoms with Crippen LogP contribution < -0.4 is 5.32 Å². The van der Waals surface area contributed by atoms with E-state index in [1.807, 2.05) is 50.2 Å². The second-order valence-electron chi connectivity index (χ2n) is 9.76. The Labute approximate surface area is 225 Å². The molecule has 2 rings (SSSR count). The Kier molecular flexibility index (Phi) is 19.4. The average molecular weight is 509 g/mol. The van der Waals surface area contributed by atoms with Gasteiger partial charge in [0.25, 0.3) is 0 Å². The Morgan fingerprint density at radius 2 is 1.14 bits per heavy atom. The highest BCUT2D eigenvalue weighted by atomic mass is 16.5. The van der Waals surface area contributed by atoms with Gasteiger partial charge in [0, 0.05) is 5.69 Å². The fraction of sp³-hybridized carbons (Fsp3) is 0.562. The van der Waals surface area contributed by atoms with Crippen molar-refractivity contribution in [3.63, 3.8) is 0 Å². The van der Waals surface area contributed by atoms with Gasteiger partial charge < -0.3 is 4.74 Å². The van der Waals surface area contributed by atoms with Gasteiger partial charge in [0.2, 0.25) is 6.08 Å². The van der Waals surface area contributed by atoms with Crippen molar-refractivity contribution in [1.29, 1.82) is 0 Å². The van der Waals surface area contributed by atoms with Crippen molar-refractivity contribution in [3.8, 4) is 0 Å². The van der Waals surface area contributed by atoms with E-state index in [1.54, 1.807) is 12.1 Å². The molecule has 1 amide bonds. The molecule has 37 heavy (non-hydrogen) atoms. The Morgan fingerprint density at radius 1 is 0.703 bits per heavy atom. The van der Waals surface area contributed by atoms with Crippen LogP contribution in [-0.2, 0) is 9.53 Å². The van der Waals surface area contributed by atoms with E-state index in [0.29, 0.717) is 12.3 Å².